The fourth-order valence-corrected chi connectivity index (χ4v) is 5.75. The molecule has 2 aromatic rings. The largest absolute Gasteiger partial charge is 0.454 e. The van der Waals surface area contributed by atoms with E-state index in [9.17, 15) is 32.1 Å². The number of hydrogen-bond donors (Lipinski definition) is 1. The molecule has 2 aromatic heterocycles. The molecule has 12 heteroatoms. The SMILES string of the molecule is CCCCCC(OC(=O)CC(C(=O)OC(CCCCC)C(=O)c1cccs1)S(=O)(=O)O)C(=O)c1cccs1. The first kappa shape index (κ1) is 31.8. The number of esters is 2. The molecule has 3 unspecified atom stereocenters. The van der Waals surface area contributed by atoms with Crippen molar-refractivity contribution in [2.45, 2.75) is 89.1 Å². The predicted molar refractivity (Wildman–Crippen MR) is 145 cm³/mol. The van der Waals surface area contributed by atoms with E-state index >= 15 is 0 Å². The Kier molecular flexibility index (Phi) is 13.3. The number of ether oxygens (including phenoxy) is 2. The zero-order valence-corrected chi connectivity index (χ0v) is 23.9. The van der Waals surface area contributed by atoms with Crippen LogP contribution in [0.5, 0.6) is 0 Å². The molecule has 0 saturated carbocycles. The lowest BCUT2D eigenvalue weighted by Gasteiger charge is -2.20. The summed E-state index contributed by atoms with van der Waals surface area (Å²) in [6.07, 6.45) is 1.32. The number of carbonyl (C=O) groups is 4. The zero-order chi connectivity index (χ0) is 28.1. The van der Waals surface area contributed by atoms with E-state index in [1.54, 1.807) is 35.0 Å². The monoisotopic (exact) mass is 586 g/mol. The zero-order valence-electron chi connectivity index (χ0n) is 21.5. The van der Waals surface area contributed by atoms with Gasteiger partial charge in [-0.2, -0.15) is 8.42 Å². The highest BCUT2D eigenvalue weighted by Gasteiger charge is 2.39. The Balaban J connectivity index is 2.16. The van der Waals surface area contributed by atoms with Crippen LogP contribution in [0.2, 0.25) is 0 Å². The van der Waals surface area contributed by atoms with Gasteiger partial charge in [-0.25, -0.2) is 0 Å². The normalized spacial score (nSPS) is 13.9. The van der Waals surface area contributed by atoms with Crippen LogP contribution >= 0.6 is 22.7 Å². The fraction of sp³-hybridized carbons (Fsp3) is 0.538. The van der Waals surface area contributed by atoms with Crippen LogP contribution in [0.25, 0.3) is 0 Å². The van der Waals surface area contributed by atoms with Crippen LogP contribution in [0.15, 0.2) is 35.0 Å². The van der Waals surface area contributed by atoms with Gasteiger partial charge in [0, 0.05) is 0 Å². The summed E-state index contributed by atoms with van der Waals surface area (Å²) < 4.78 is 44.4. The average molecular weight is 587 g/mol. The summed E-state index contributed by atoms with van der Waals surface area (Å²) in [6, 6.07) is 6.50. The van der Waals surface area contributed by atoms with Gasteiger partial charge in [0.25, 0.3) is 10.1 Å². The average Bonchev–Trinajstić information content (AvgIpc) is 3.59. The van der Waals surface area contributed by atoms with Crippen LogP contribution in [0.3, 0.4) is 0 Å². The minimum Gasteiger partial charge on any atom is -0.454 e. The first-order chi connectivity index (χ1) is 18.1. The van der Waals surface area contributed by atoms with Crippen LogP contribution in [0.1, 0.15) is 91.0 Å². The van der Waals surface area contributed by atoms with E-state index in [0.29, 0.717) is 22.6 Å². The van der Waals surface area contributed by atoms with Crippen LogP contribution in [-0.4, -0.2) is 53.9 Å². The molecule has 2 rings (SSSR count). The van der Waals surface area contributed by atoms with E-state index < -0.39 is 57.5 Å². The van der Waals surface area contributed by atoms with Crippen LogP contribution in [0.4, 0.5) is 0 Å². The van der Waals surface area contributed by atoms with Crippen LogP contribution in [0, 0.1) is 0 Å². The maximum Gasteiger partial charge on any atom is 0.328 e. The van der Waals surface area contributed by atoms with Crippen molar-refractivity contribution in [2.75, 3.05) is 0 Å². The smallest absolute Gasteiger partial charge is 0.328 e. The quantitative estimate of drug-likeness (QED) is 0.104. The van der Waals surface area contributed by atoms with Gasteiger partial charge >= 0.3 is 11.9 Å². The standard InChI is InChI=1S/C26H34O9S3/c1-3-5-7-11-18(24(28)20-13-9-15-36-20)34-23(27)17-22(38(31,32)33)26(30)35-19(12-8-6-4-2)25(29)21-14-10-16-37-21/h9-10,13-16,18-19,22H,3-8,11-12,17H2,1-2H3,(H,31,32,33). The molecule has 38 heavy (non-hydrogen) atoms. The molecule has 0 bridgehead atoms. The molecule has 0 aliphatic carbocycles. The molecule has 210 valence electrons. The van der Waals surface area contributed by atoms with Gasteiger partial charge in [0.1, 0.15) is 0 Å². The predicted octanol–water partition coefficient (Wildman–Crippen LogP) is 5.51. The van der Waals surface area contributed by atoms with Gasteiger partial charge in [-0.15, -0.1) is 22.7 Å². The third-order valence-corrected chi connectivity index (χ3v) is 8.61. The molecular weight excluding hydrogens is 552 g/mol. The molecule has 2 heterocycles. The second-order valence-electron chi connectivity index (χ2n) is 8.79. The number of thiophene rings is 2. The summed E-state index contributed by atoms with van der Waals surface area (Å²) in [5, 5.41) is 1.09. The highest BCUT2D eigenvalue weighted by Crippen LogP contribution is 2.21. The number of carbonyl (C=O) groups excluding carboxylic acids is 4. The molecule has 0 aliphatic rings. The van der Waals surface area contributed by atoms with Gasteiger partial charge in [-0.1, -0.05) is 51.7 Å². The molecular formula is C26H34O9S3. The second kappa shape index (κ2) is 15.9. The lowest BCUT2D eigenvalue weighted by molar-refractivity contribution is -0.153. The number of ketones is 2. The first-order valence-corrected chi connectivity index (χ1v) is 15.9. The minimum atomic E-state index is -5.10. The molecule has 0 amide bonds. The number of hydrogen-bond acceptors (Lipinski definition) is 10. The summed E-state index contributed by atoms with van der Waals surface area (Å²) in [5.74, 6) is -3.49. The van der Waals surface area contributed by atoms with Gasteiger partial charge in [0.05, 0.1) is 16.2 Å². The van der Waals surface area contributed by atoms with Crippen molar-refractivity contribution >= 4 is 56.3 Å². The second-order valence-corrected chi connectivity index (χ2v) is 12.3. The van der Waals surface area contributed by atoms with Crippen molar-refractivity contribution in [3.63, 3.8) is 0 Å². The highest BCUT2D eigenvalue weighted by atomic mass is 32.2. The Hall–Kier alpha value is -2.41. The molecule has 0 radical (unpaired) electrons. The van der Waals surface area contributed by atoms with Gasteiger partial charge in [-0.3, -0.25) is 23.7 Å². The van der Waals surface area contributed by atoms with E-state index in [0.717, 1.165) is 37.0 Å². The minimum absolute atomic E-state index is 0.160. The van der Waals surface area contributed by atoms with Crippen molar-refractivity contribution in [3.8, 4) is 0 Å². The molecule has 1 N–H and O–H groups in total. The molecule has 9 nitrogen and oxygen atoms in total. The molecule has 0 aromatic carbocycles. The van der Waals surface area contributed by atoms with Gasteiger partial charge in [0.2, 0.25) is 11.6 Å². The van der Waals surface area contributed by atoms with E-state index in [4.69, 9.17) is 9.47 Å². The fourth-order valence-electron chi connectivity index (χ4n) is 3.69. The topological polar surface area (TPSA) is 141 Å². The Morgan fingerprint density at radius 1 is 0.816 bits per heavy atom. The number of Topliss-reactive ketones (excluding diaryl/α,β-unsaturated/α-hetero) is 2. The highest BCUT2D eigenvalue weighted by molar-refractivity contribution is 7.87. The van der Waals surface area contributed by atoms with Crippen molar-refractivity contribution in [1.29, 1.82) is 0 Å². The van der Waals surface area contributed by atoms with Gasteiger partial charge < -0.3 is 9.47 Å². The maximum absolute atomic E-state index is 12.9. The van der Waals surface area contributed by atoms with Crippen LogP contribution < -0.4 is 0 Å². The third-order valence-electron chi connectivity index (χ3n) is 5.76. The van der Waals surface area contributed by atoms with E-state index in [2.05, 4.69) is 0 Å². The lowest BCUT2D eigenvalue weighted by Crippen LogP contribution is -2.39. The Labute approximate surface area is 231 Å². The lowest BCUT2D eigenvalue weighted by atomic mass is 10.1. The van der Waals surface area contributed by atoms with E-state index in [-0.39, 0.29) is 12.8 Å². The molecule has 0 aliphatic heterocycles. The number of rotatable bonds is 18. The van der Waals surface area contributed by atoms with Gasteiger partial charge in [-0.05, 0) is 48.6 Å². The molecule has 0 saturated heterocycles. The number of unbranched alkanes of at least 4 members (excludes halogenated alkanes) is 4. The summed E-state index contributed by atoms with van der Waals surface area (Å²) in [7, 11) is -5.10. The van der Waals surface area contributed by atoms with Crippen molar-refractivity contribution in [3.05, 3.63) is 44.8 Å². The Morgan fingerprint density at radius 2 is 1.29 bits per heavy atom. The molecule has 0 spiro atoms. The summed E-state index contributed by atoms with van der Waals surface area (Å²) in [4.78, 5) is 52.0. The third kappa shape index (κ3) is 10.0. The van der Waals surface area contributed by atoms with Gasteiger partial charge in [0.15, 0.2) is 17.5 Å². The Morgan fingerprint density at radius 3 is 1.68 bits per heavy atom. The maximum atomic E-state index is 12.9. The summed E-state index contributed by atoms with van der Waals surface area (Å²) in [5.41, 5.74) is 0. The molecule has 3 atom stereocenters. The first-order valence-electron chi connectivity index (χ1n) is 12.6. The van der Waals surface area contributed by atoms with Crippen molar-refractivity contribution in [2.24, 2.45) is 0 Å². The van der Waals surface area contributed by atoms with Crippen LogP contribution in [-0.2, 0) is 29.2 Å². The molecule has 0 fully saturated rings. The van der Waals surface area contributed by atoms with Crippen molar-refractivity contribution < 1.29 is 41.6 Å². The van der Waals surface area contributed by atoms with E-state index in [1.165, 1.54) is 11.3 Å². The van der Waals surface area contributed by atoms with E-state index in [1.807, 2.05) is 13.8 Å². The Bertz CT molecular complexity index is 1140. The summed E-state index contributed by atoms with van der Waals surface area (Å²) in [6.45, 7) is 3.93. The van der Waals surface area contributed by atoms with Crippen molar-refractivity contribution in [1.82, 2.24) is 0 Å². The summed E-state index contributed by atoms with van der Waals surface area (Å²) >= 11 is 2.34.